The lowest BCUT2D eigenvalue weighted by molar-refractivity contribution is -0.117. The zero-order valence-electron chi connectivity index (χ0n) is 7.31. The molecule has 0 bridgehead atoms. The van der Waals surface area contributed by atoms with Gasteiger partial charge in [0.05, 0.1) is 5.60 Å². The number of rotatable bonds is 4. The summed E-state index contributed by atoms with van der Waals surface area (Å²) in [4.78, 5) is 10.7. The van der Waals surface area contributed by atoms with Crippen molar-refractivity contribution in [3.63, 3.8) is 0 Å². The van der Waals surface area contributed by atoms with E-state index in [2.05, 4.69) is 11.9 Å². The van der Waals surface area contributed by atoms with Gasteiger partial charge in [-0.1, -0.05) is 6.58 Å². The molecule has 0 spiro atoms. The molecule has 0 saturated heterocycles. The van der Waals surface area contributed by atoms with Gasteiger partial charge in [0.1, 0.15) is 0 Å². The second-order valence-electron chi connectivity index (χ2n) is 2.89. The molecule has 0 rings (SSSR count). The molecule has 64 valence electrons. The van der Waals surface area contributed by atoms with Crippen LogP contribution in [-0.4, -0.2) is 25.2 Å². The van der Waals surface area contributed by atoms with Crippen LogP contribution in [0.2, 0.25) is 0 Å². The van der Waals surface area contributed by atoms with Gasteiger partial charge in [-0.3, -0.25) is 4.79 Å². The van der Waals surface area contributed by atoms with Crippen molar-refractivity contribution in [1.82, 2.24) is 5.32 Å². The first-order valence-corrected chi connectivity index (χ1v) is 3.47. The molecule has 0 aromatic rings. The number of carbonyl (C=O) groups is 1. The molecular formula is C8H15NO2. The van der Waals surface area contributed by atoms with Gasteiger partial charge in [0.15, 0.2) is 0 Å². The molecule has 0 aliphatic carbocycles. The first-order valence-electron chi connectivity index (χ1n) is 3.47. The summed E-state index contributed by atoms with van der Waals surface area (Å²) < 4.78 is 5.08. The predicted molar refractivity (Wildman–Crippen MR) is 44.3 cm³/mol. The highest BCUT2D eigenvalue weighted by Crippen LogP contribution is 2.04. The van der Waals surface area contributed by atoms with E-state index in [1.54, 1.807) is 7.11 Å². The second-order valence-corrected chi connectivity index (χ2v) is 2.89. The van der Waals surface area contributed by atoms with Crippen molar-refractivity contribution in [3.05, 3.63) is 12.7 Å². The van der Waals surface area contributed by atoms with Crippen molar-refractivity contribution >= 4 is 5.91 Å². The molecule has 3 nitrogen and oxygen atoms in total. The van der Waals surface area contributed by atoms with Crippen LogP contribution in [0.15, 0.2) is 12.7 Å². The van der Waals surface area contributed by atoms with Crippen LogP contribution in [-0.2, 0) is 9.53 Å². The fourth-order valence-electron chi connectivity index (χ4n) is 0.444. The summed E-state index contributed by atoms with van der Waals surface area (Å²) >= 11 is 0. The molecule has 0 saturated carbocycles. The van der Waals surface area contributed by atoms with Crippen LogP contribution in [0.25, 0.3) is 0 Å². The Balaban J connectivity index is 3.69. The van der Waals surface area contributed by atoms with E-state index in [1.807, 2.05) is 13.8 Å². The number of hydrogen-bond acceptors (Lipinski definition) is 2. The normalized spacial score (nSPS) is 10.8. The zero-order valence-corrected chi connectivity index (χ0v) is 7.31. The Bertz CT molecular complexity index is 152. The molecule has 1 amide bonds. The number of carbonyl (C=O) groups excluding carboxylic acids is 1. The van der Waals surface area contributed by atoms with Gasteiger partial charge in [-0.2, -0.15) is 0 Å². The average Bonchev–Trinajstić information content (AvgIpc) is 2.00. The third-order valence-corrected chi connectivity index (χ3v) is 1.43. The number of ether oxygens (including phenoxy) is 1. The van der Waals surface area contributed by atoms with E-state index in [0.717, 1.165) is 0 Å². The minimum atomic E-state index is -0.307. The van der Waals surface area contributed by atoms with Gasteiger partial charge >= 0.3 is 0 Å². The monoisotopic (exact) mass is 157 g/mol. The first kappa shape index (κ1) is 10.2. The van der Waals surface area contributed by atoms with Gasteiger partial charge in [-0.05, 0) is 19.9 Å². The molecule has 3 heteroatoms. The second kappa shape index (κ2) is 4.13. The highest BCUT2D eigenvalue weighted by atomic mass is 16.5. The summed E-state index contributed by atoms with van der Waals surface area (Å²) in [6, 6.07) is 0. The Labute approximate surface area is 67.4 Å². The van der Waals surface area contributed by atoms with Gasteiger partial charge in [0.2, 0.25) is 5.91 Å². The van der Waals surface area contributed by atoms with Crippen molar-refractivity contribution in [2.24, 2.45) is 0 Å². The highest BCUT2D eigenvalue weighted by molar-refractivity contribution is 5.86. The summed E-state index contributed by atoms with van der Waals surface area (Å²) in [5.74, 6) is -0.171. The third kappa shape index (κ3) is 4.56. The van der Waals surface area contributed by atoms with E-state index in [9.17, 15) is 4.79 Å². The zero-order chi connectivity index (χ0) is 8.91. The van der Waals surface area contributed by atoms with Gasteiger partial charge in [0.25, 0.3) is 0 Å². The molecule has 1 N–H and O–H groups in total. The highest BCUT2D eigenvalue weighted by Gasteiger charge is 2.15. The SMILES string of the molecule is C=CC(=O)NCC(C)(C)OC. The number of hydrogen-bond donors (Lipinski definition) is 1. The Morgan fingerprint density at radius 3 is 2.64 bits per heavy atom. The van der Waals surface area contributed by atoms with Crippen molar-refractivity contribution in [3.8, 4) is 0 Å². The van der Waals surface area contributed by atoms with Crippen LogP contribution in [0.1, 0.15) is 13.8 Å². The minimum absolute atomic E-state index is 0.171. The van der Waals surface area contributed by atoms with Crippen LogP contribution in [0.4, 0.5) is 0 Å². The Kier molecular flexibility index (Phi) is 3.82. The standard InChI is InChI=1S/C8H15NO2/c1-5-7(10)9-6-8(2,3)11-4/h5H,1,6H2,2-4H3,(H,9,10). The van der Waals surface area contributed by atoms with Crippen LogP contribution >= 0.6 is 0 Å². The molecule has 0 aliphatic heterocycles. The molecule has 0 fully saturated rings. The maximum absolute atomic E-state index is 10.7. The summed E-state index contributed by atoms with van der Waals surface area (Å²) in [5.41, 5.74) is -0.307. The largest absolute Gasteiger partial charge is 0.377 e. The summed E-state index contributed by atoms with van der Waals surface area (Å²) in [6.07, 6.45) is 1.24. The topological polar surface area (TPSA) is 38.3 Å². The molecule has 0 radical (unpaired) electrons. The molecule has 0 aromatic heterocycles. The Morgan fingerprint density at radius 2 is 2.27 bits per heavy atom. The van der Waals surface area contributed by atoms with Gasteiger partial charge in [-0.25, -0.2) is 0 Å². The average molecular weight is 157 g/mol. The molecule has 0 aliphatic rings. The quantitative estimate of drug-likeness (QED) is 0.610. The third-order valence-electron chi connectivity index (χ3n) is 1.43. The maximum atomic E-state index is 10.7. The first-order chi connectivity index (χ1) is 5.02. The molecule has 0 aromatic carbocycles. The smallest absolute Gasteiger partial charge is 0.243 e. The van der Waals surface area contributed by atoms with E-state index < -0.39 is 0 Å². The predicted octanol–water partition coefficient (Wildman–Crippen LogP) is 0.714. The van der Waals surface area contributed by atoms with Crippen LogP contribution in [0, 0.1) is 0 Å². The summed E-state index contributed by atoms with van der Waals surface area (Å²) in [7, 11) is 1.61. The summed E-state index contributed by atoms with van der Waals surface area (Å²) in [6.45, 7) is 7.63. The van der Waals surface area contributed by atoms with E-state index >= 15 is 0 Å². The maximum Gasteiger partial charge on any atom is 0.243 e. The van der Waals surface area contributed by atoms with Gasteiger partial charge in [-0.15, -0.1) is 0 Å². The van der Waals surface area contributed by atoms with Crippen molar-refractivity contribution in [2.45, 2.75) is 19.4 Å². The minimum Gasteiger partial charge on any atom is -0.377 e. The van der Waals surface area contributed by atoms with E-state index in [4.69, 9.17) is 4.74 Å². The number of amides is 1. The molecule has 0 atom stereocenters. The molecule has 11 heavy (non-hydrogen) atoms. The Morgan fingerprint density at radius 1 is 1.73 bits per heavy atom. The lowest BCUT2D eigenvalue weighted by Crippen LogP contribution is -2.38. The summed E-state index contributed by atoms with van der Waals surface area (Å²) in [5, 5.41) is 2.64. The fourth-order valence-corrected chi connectivity index (χ4v) is 0.444. The van der Waals surface area contributed by atoms with Crippen LogP contribution in [0.5, 0.6) is 0 Å². The van der Waals surface area contributed by atoms with Gasteiger partial charge in [0, 0.05) is 13.7 Å². The van der Waals surface area contributed by atoms with E-state index in [-0.39, 0.29) is 11.5 Å². The fraction of sp³-hybridized carbons (Fsp3) is 0.625. The Hall–Kier alpha value is -0.830. The van der Waals surface area contributed by atoms with Crippen molar-refractivity contribution in [2.75, 3.05) is 13.7 Å². The van der Waals surface area contributed by atoms with Crippen molar-refractivity contribution in [1.29, 1.82) is 0 Å². The lowest BCUT2D eigenvalue weighted by atomic mass is 10.1. The van der Waals surface area contributed by atoms with Crippen molar-refractivity contribution < 1.29 is 9.53 Å². The van der Waals surface area contributed by atoms with Crippen LogP contribution in [0.3, 0.4) is 0 Å². The molecule has 0 heterocycles. The van der Waals surface area contributed by atoms with Gasteiger partial charge < -0.3 is 10.1 Å². The molecular weight excluding hydrogens is 142 g/mol. The van der Waals surface area contributed by atoms with Crippen LogP contribution < -0.4 is 5.32 Å². The molecule has 0 unspecified atom stereocenters. The van der Waals surface area contributed by atoms with E-state index in [0.29, 0.717) is 6.54 Å². The van der Waals surface area contributed by atoms with E-state index in [1.165, 1.54) is 6.08 Å². The lowest BCUT2D eigenvalue weighted by Gasteiger charge is -2.22. The number of methoxy groups -OCH3 is 1. The number of nitrogens with one attached hydrogen (secondary N) is 1.